The van der Waals surface area contributed by atoms with E-state index in [1.165, 1.54) is 11.1 Å². The molecule has 0 spiro atoms. The van der Waals surface area contributed by atoms with Crippen LogP contribution in [0.5, 0.6) is 0 Å². The molecule has 2 heterocycles. The minimum atomic E-state index is 0.935. The average Bonchev–Trinajstić information content (AvgIpc) is 2.20. The van der Waals surface area contributed by atoms with Crippen molar-refractivity contribution in [2.24, 2.45) is 4.99 Å². The molecule has 0 aliphatic carbocycles. The first-order valence-electron chi connectivity index (χ1n) is 4.57. The molecule has 1 aliphatic rings. The van der Waals surface area contributed by atoms with Gasteiger partial charge in [0.15, 0.2) is 0 Å². The largest absolute Gasteiger partial charge is 0.370 e. The molecule has 0 saturated heterocycles. The SMILES string of the molecule is Cc1cnccc1C1=NCCCN1. The molecule has 1 aromatic heterocycles. The van der Waals surface area contributed by atoms with E-state index in [0.29, 0.717) is 0 Å². The van der Waals surface area contributed by atoms with Crippen molar-refractivity contribution < 1.29 is 0 Å². The maximum atomic E-state index is 4.44. The van der Waals surface area contributed by atoms with Gasteiger partial charge in [0, 0.05) is 31.0 Å². The third-order valence-electron chi connectivity index (χ3n) is 2.17. The van der Waals surface area contributed by atoms with E-state index >= 15 is 0 Å². The lowest BCUT2D eigenvalue weighted by Crippen LogP contribution is -2.30. The summed E-state index contributed by atoms with van der Waals surface area (Å²) < 4.78 is 0. The molecule has 0 fully saturated rings. The average molecular weight is 175 g/mol. The van der Waals surface area contributed by atoms with Gasteiger partial charge >= 0.3 is 0 Å². The van der Waals surface area contributed by atoms with E-state index in [9.17, 15) is 0 Å². The molecule has 3 heteroatoms. The number of aromatic nitrogens is 1. The van der Waals surface area contributed by atoms with E-state index in [1.807, 2.05) is 12.3 Å². The molecule has 0 bridgehead atoms. The van der Waals surface area contributed by atoms with E-state index < -0.39 is 0 Å². The zero-order valence-electron chi connectivity index (χ0n) is 7.75. The predicted octanol–water partition coefficient (Wildman–Crippen LogP) is 1.13. The Bertz CT molecular complexity index is 331. The van der Waals surface area contributed by atoms with E-state index in [-0.39, 0.29) is 0 Å². The number of rotatable bonds is 1. The molecule has 2 rings (SSSR count). The monoisotopic (exact) mass is 175 g/mol. The highest BCUT2D eigenvalue weighted by Crippen LogP contribution is 2.07. The Morgan fingerprint density at radius 2 is 2.38 bits per heavy atom. The first-order valence-corrected chi connectivity index (χ1v) is 4.57. The van der Waals surface area contributed by atoms with E-state index in [1.54, 1.807) is 6.20 Å². The molecule has 0 unspecified atom stereocenters. The summed E-state index contributed by atoms with van der Waals surface area (Å²) >= 11 is 0. The molecule has 0 amide bonds. The van der Waals surface area contributed by atoms with Crippen molar-refractivity contribution in [1.82, 2.24) is 10.3 Å². The van der Waals surface area contributed by atoms with Crippen LogP contribution in [0.15, 0.2) is 23.5 Å². The van der Waals surface area contributed by atoms with Crippen LogP contribution in [0.1, 0.15) is 17.5 Å². The van der Waals surface area contributed by atoms with Gasteiger partial charge in [-0.15, -0.1) is 0 Å². The second-order valence-electron chi connectivity index (χ2n) is 3.20. The Balaban J connectivity index is 2.34. The molecule has 1 aliphatic heterocycles. The molecule has 0 saturated carbocycles. The molecule has 0 atom stereocenters. The Kier molecular flexibility index (Phi) is 2.25. The Morgan fingerprint density at radius 3 is 3.08 bits per heavy atom. The summed E-state index contributed by atoms with van der Waals surface area (Å²) in [6.45, 7) is 4.02. The van der Waals surface area contributed by atoms with Crippen LogP contribution in [0.4, 0.5) is 0 Å². The Hall–Kier alpha value is -1.38. The zero-order valence-corrected chi connectivity index (χ0v) is 7.75. The molecule has 0 aromatic carbocycles. The molecular weight excluding hydrogens is 162 g/mol. The van der Waals surface area contributed by atoms with Crippen LogP contribution >= 0.6 is 0 Å². The van der Waals surface area contributed by atoms with Gasteiger partial charge in [-0.05, 0) is 25.0 Å². The highest BCUT2D eigenvalue weighted by molar-refractivity contribution is 6.00. The van der Waals surface area contributed by atoms with Gasteiger partial charge in [-0.3, -0.25) is 9.98 Å². The number of pyridine rings is 1. The Morgan fingerprint density at radius 1 is 1.46 bits per heavy atom. The van der Waals surface area contributed by atoms with Crippen LogP contribution in [-0.2, 0) is 0 Å². The lowest BCUT2D eigenvalue weighted by atomic mass is 10.1. The smallest absolute Gasteiger partial charge is 0.128 e. The number of aryl methyl sites for hydroxylation is 1. The number of hydrogen-bond acceptors (Lipinski definition) is 3. The first kappa shape index (κ1) is 8.23. The van der Waals surface area contributed by atoms with Gasteiger partial charge in [0.2, 0.25) is 0 Å². The summed E-state index contributed by atoms with van der Waals surface area (Å²) in [4.78, 5) is 8.50. The van der Waals surface area contributed by atoms with Gasteiger partial charge in [0.1, 0.15) is 5.84 Å². The predicted molar refractivity (Wildman–Crippen MR) is 53.0 cm³/mol. The van der Waals surface area contributed by atoms with Crippen molar-refractivity contribution >= 4 is 5.84 Å². The van der Waals surface area contributed by atoms with Gasteiger partial charge in [0.05, 0.1) is 0 Å². The fourth-order valence-electron chi connectivity index (χ4n) is 1.45. The fraction of sp³-hybridized carbons (Fsp3) is 0.400. The van der Waals surface area contributed by atoms with Crippen LogP contribution in [-0.4, -0.2) is 23.9 Å². The van der Waals surface area contributed by atoms with E-state index in [4.69, 9.17) is 0 Å². The summed E-state index contributed by atoms with van der Waals surface area (Å²) in [6.07, 6.45) is 4.81. The molecule has 3 nitrogen and oxygen atoms in total. The summed E-state index contributed by atoms with van der Waals surface area (Å²) in [5, 5.41) is 3.30. The highest BCUT2D eigenvalue weighted by Gasteiger charge is 2.08. The van der Waals surface area contributed by atoms with Crippen LogP contribution in [0.2, 0.25) is 0 Å². The van der Waals surface area contributed by atoms with Crippen molar-refractivity contribution in [3.63, 3.8) is 0 Å². The van der Waals surface area contributed by atoms with Gasteiger partial charge in [-0.1, -0.05) is 0 Å². The maximum Gasteiger partial charge on any atom is 0.128 e. The third kappa shape index (κ3) is 1.69. The molecule has 68 valence electrons. The molecular formula is C10H13N3. The highest BCUT2D eigenvalue weighted by atomic mass is 15.0. The van der Waals surface area contributed by atoms with Crippen molar-refractivity contribution in [2.45, 2.75) is 13.3 Å². The van der Waals surface area contributed by atoms with Gasteiger partial charge < -0.3 is 5.32 Å². The zero-order chi connectivity index (χ0) is 9.10. The van der Waals surface area contributed by atoms with E-state index in [0.717, 1.165) is 25.3 Å². The standard InChI is InChI=1S/C10H13N3/c1-8-7-11-6-3-9(8)10-12-4-2-5-13-10/h3,6-7H,2,4-5H2,1H3,(H,12,13). The summed E-state index contributed by atoms with van der Waals surface area (Å²) in [5.41, 5.74) is 2.35. The van der Waals surface area contributed by atoms with E-state index in [2.05, 4.69) is 22.2 Å². The molecule has 0 radical (unpaired) electrons. The number of amidine groups is 1. The summed E-state index contributed by atoms with van der Waals surface area (Å²) in [6, 6.07) is 2.01. The second-order valence-corrected chi connectivity index (χ2v) is 3.20. The normalized spacial score (nSPS) is 16.2. The van der Waals surface area contributed by atoms with Gasteiger partial charge in [-0.2, -0.15) is 0 Å². The number of nitrogens with zero attached hydrogens (tertiary/aromatic N) is 2. The molecule has 1 N–H and O–H groups in total. The van der Waals surface area contributed by atoms with Gasteiger partial charge in [0.25, 0.3) is 0 Å². The lowest BCUT2D eigenvalue weighted by Gasteiger charge is -2.15. The molecule has 1 aromatic rings. The van der Waals surface area contributed by atoms with Crippen LogP contribution in [0.25, 0.3) is 0 Å². The number of hydrogen-bond donors (Lipinski definition) is 1. The van der Waals surface area contributed by atoms with Crippen LogP contribution in [0.3, 0.4) is 0 Å². The topological polar surface area (TPSA) is 37.3 Å². The first-order chi connectivity index (χ1) is 6.38. The number of aliphatic imine (C=N–C) groups is 1. The summed E-state index contributed by atoms with van der Waals surface area (Å²) in [7, 11) is 0. The van der Waals surface area contributed by atoms with Crippen molar-refractivity contribution in [2.75, 3.05) is 13.1 Å². The van der Waals surface area contributed by atoms with Crippen molar-refractivity contribution in [3.8, 4) is 0 Å². The third-order valence-corrected chi connectivity index (χ3v) is 2.17. The molecule has 13 heavy (non-hydrogen) atoms. The lowest BCUT2D eigenvalue weighted by molar-refractivity contribution is 0.742. The van der Waals surface area contributed by atoms with Crippen molar-refractivity contribution in [1.29, 1.82) is 0 Å². The Labute approximate surface area is 77.9 Å². The van der Waals surface area contributed by atoms with Crippen molar-refractivity contribution in [3.05, 3.63) is 29.6 Å². The minimum absolute atomic E-state index is 0.935. The number of nitrogens with one attached hydrogen (secondary N) is 1. The summed E-state index contributed by atoms with van der Waals surface area (Å²) in [5.74, 6) is 1.02. The fourth-order valence-corrected chi connectivity index (χ4v) is 1.45. The van der Waals surface area contributed by atoms with Crippen LogP contribution < -0.4 is 5.32 Å². The van der Waals surface area contributed by atoms with Gasteiger partial charge in [-0.25, -0.2) is 0 Å². The second kappa shape index (κ2) is 3.56. The van der Waals surface area contributed by atoms with Crippen LogP contribution in [0, 0.1) is 6.92 Å². The minimum Gasteiger partial charge on any atom is -0.370 e. The maximum absolute atomic E-state index is 4.44. The quantitative estimate of drug-likeness (QED) is 0.694.